The Morgan fingerprint density at radius 1 is 1.58 bits per heavy atom. The van der Waals surface area contributed by atoms with Crippen molar-refractivity contribution in [2.45, 2.75) is 31.8 Å². The highest BCUT2D eigenvalue weighted by Gasteiger charge is 2.23. The summed E-state index contributed by atoms with van der Waals surface area (Å²) >= 11 is 0. The van der Waals surface area contributed by atoms with Crippen LogP contribution >= 0.6 is 0 Å². The Labute approximate surface area is 113 Å². The molecular weight excluding hydrogens is 244 g/mol. The molecule has 2 rings (SSSR count). The van der Waals surface area contributed by atoms with Crippen molar-refractivity contribution in [2.24, 2.45) is 7.05 Å². The number of carbonyl (C=O) groups is 1. The van der Waals surface area contributed by atoms with Gasteiger partial charge in [0.1, 0.15) is 0 Å². The Hall–Kier alpha value is -1.56. The van der Waals surface area contributed by atoms with Crippen LogP contribution < -0.4 is 5.32 Å². The van der Waals surface area contributed by atoms with Crippen LogP contribution in [0, 0.1) is 0 Å². The fourth-order valence-electron chi connectivity index (χ4n) is 2.27. The van der Waals surface area contributed by atoms with Gasteiger partial charge in [0.05, 0.1) is 12.2 Å². The predicted octanol–water partition coefficient (Wildman–Crippen LogP) is 1.30. The minimum atomic E-state index is -0.0387. The minimum absolute atomic E-state index is 0.0384. The normalized spacial score (nSPS) is 18.1. The number of ether oxygens (including phenoxy) is 1. The summed E-state index contributed by atoms with van der Waals surface area (Å²) in [5.41, 5.74) is 1.01. The van der Waals surface area contributed by atoms with E-state index in [0.717, 1.165) is 31.6 Å². The highest BCUT2D eigenvalue weighted by molar-refractivity contribution is 5.74. The third-order valence-electron chi connectivity index (χ3n) is 3.62. The number of carbonyl (C=O) groups excluding carboxylic acids is 1. The maximum Gasteiger partial charge on any atom is 0.317 e. The summed E-state index contributed by atoms with van der Waals surface area (Å²) in [5.74, 6) is 0. The second kappa shape index (κ2) is 6.06. The van der Waals surface area contributed by atoms with Crippen molar-refractivity contribution in [3.05, 3.63) is 18.0 Å². The first-order valence-electron chi connectivity index (χ1n) is 6.67. The largest absolute Gasteiger partial charge is 0.381 e. The summed E-state index contributed by atoms with van der Waals surface area (Å²) in [6.07, 6.45) is 5.51. The number of aromatic nitrogens is 2. The van der Waals surface area contributed by atoms with Crippen molar-refractivity contribution in [2.75, 3.05) is 20.3 Å². The molecule has 0 unspecified atom stereocenters. The van der Waals surface area contributed by atoms with Crippen LogP contribution in [-0.2, 0) is 11.8 Å². The van der Waals surface area contributed by atoms with Crippen molar-refractivity contribution >= 4 is 6.03 Å². The average Bonchev–Trinajstić information content (AvgIpc) is 2.85. The van der Waals surface area contributed by atoms with Gasteiger partial charge in [-0.2, -0.15) is 5.10 Å². The molecule has 1 aromatic heterocycles. The van der Waals surface area contributed by atoms with Crippen LogP contribution in [0.4, 0.5) is 4.79 Å². The van der Waals surface area contributed by atoms with E-state index in [9.17, 15) is 4.79 Å². The predicted molar refractivity (Wildman–Crippen MR) is 71.8 cm³/mol. The molecule has 2 amide bonds. The third kappa shape index (κ3) is 3.47. The van der Waals surface area contributed by atoms with E-state index in [4.69, 9.17) is 4.74 Å². The van der Waals surface area contributed by atoms with Crippen LogP contribution in [0.1, 0.15) is 31.4 Å². The molecule has 1 aliphatic rings. The maximum absolute atomic E-state index is 12.2. The molecule has 1 N–H and O–H groups in total. The molecule has 0 saturated carbocycles. The van der Waals surface area contributed by atoms with Crippen LogP contribution in [0.2, 0.25) is 0 Å². The molecule has 6 nitrogen and oxygen atoms in total. The topological polar surface area (TPSA) is 59.4 Å². The molecule has 0 aromatic carbocycles. The fourth-order valence-corrected chi connectivity index (χ4v) is 2.27. The van der Waals surface area contributed by atoms with Crippen LogP contribution in [0.15, 0.2) is 12.4 Å². The maximum atomic E-state index is 12.2. The second-order valence-corrected chi connectivity index (χ2v) is 5.07. The monoisotopic (exact) mass is 266 g/mol. The van der Waals surface area contributed by atoms with Gasteiger partial charge in [0, 0.05) is 45.1 Å². The number of amides is 2. The lowest BCUT2D eigenvalue weighted by molar-refractivity contribution is 0.0522. The molecule has 1 atom stereocenters. The van der Waals surface area contributed by atoms with Gasteiger partial charge in [-0.25, -0.2) is 4.79 Å². The summed E-state index contributed by atoms with van der Waals surface area (Å²) in [4.78, 5) is 14.0. The van der Waals surface area contributed by atoms with Gasteiger partial charge in [-0.15, -0.1) is 0 Å². The molecule has 1 aromatic rings. The van der Waals surface area contributed by atoms with E-state index in [-0.39, 0.29) is 18.1 Å². The van der Waals surface area contributed by atoms with Crippen molar-refractivity contribution in [1.29, 1.82) is 0 Å². The van der Waals surface area contributed by atoms with Crippen LogP contribution in [0.5, 0.6) is 0 Å². The van der Waals surface area contributed by atoms with E-state index in [1.54, 1.807) is 15.8 Å². The molecule has 1 saturated heterocycles. The van der Waals surface area contributed by atoms with Crippen LogP contribution in [0.3, 0.4) is 0 Å². The van der Waals surface area contributed by atoms with Crippen LogP contribution in [0.25, 0.3) is 0 Å². The lowest BCUT2D eigenvalue weighted by Crippen LogP contribution is -2.46. The lowest BCUT2D eigenvalue weighted by Gasteiger charge is -2.32. The van der Waals surface area contributed by atoms with Gasteiger partial charge >= 0.3 is 6.03 Å². The zero-order chi connectivity index (χ0) is 13.8. The standard InChI is InChI=1S/C13H22N4O2/c1-10(11-8-14-16(2)9-11)15-13(18)17(3)12-4-6-19-7-5-12/h8-10,12H,4-7H2,1-3H3,(H,15,18)/t10-/m0/s1. The van der Waals surface area contributed by atoms with Gasteiger partial charge in [-0.05, 0) is 19.8 Å². The zero-order valence-corrected chi connectivity index (χ0v) is 11.8. The van der Waals surface area contributed by atoms with Gasteiger partial charge in [-0.3, -0.25) is 4.68 Å². The number of urea groups is 1. The van der Waals surface area contributed by atoms with Gasteiger partial charge < -0.3 is 15.0 Å². The van der Waals surface area contributed by atoms with Gasteiger partial charge in [0.25, 0.3) is 0 Å². The van der Waals surface area contributed by atoms with Crippen molar-refractivity contribution in [1.82, 2.24) is 20.0 Å². The Kier molecular flexibility index (Phi) is 4.42. The highest BCUT2D eigenvalue weighted by atomic mass is 16.5. The van der Waals surface area contributed by atoms with E-state index in [0.29, 0.717) is 0 Å². The first-order valence-corrected chi connectivity index (χ1v) is 6.67. The van der Waals surface area contributed by atoms with E-state index in [1.165, 1.54) is 0 Å². The Bertz CT molecular complexity index is 426. The molecule has 6 heteroatoms. The number of hydrogen-bond donors (Lipinski definition) is 1. The Balaban J connectivity index is 1.89. The molecule has 0 bridgehead atoms. The molecule has 0 spiro atoms. The fraction of sp³-hybridized carbons (Fsp3) is 0.692. The second-order valence-electron chi connectivity index (χ2n) is 5.07. The summed E-state index contributed by atoms with van der Waals surface area (Å²) in [7, 11) is 3.72. The average molecular weight is 266 g/mol. The number of nitrogens with zero attached hydrogens (tertiary/aromatic N) is 3. The summed E-state index contributed by atoms with van der Waals surface area (Å²) in [6, 6.07) is 0.196. The summed E-state index contributed by atoms with van der Waals surface area (Å²) in [5, 5.41) is 7.11. The Morgan fingerprint density at radius 3 is 2.84 bits per heavy atom. The number of rotatable bonds is 3. The highest BCUT2D eigenvalue weighted by Crippen LogP contribution is 2.15. The zero-order valence-electron chi connectivity index (χ0n) is 11.8. The van der Waals surface area contributed by atoms with Crippen molar-refractivity contribution < 1.29 is 9.53 Å². The quantitative estimate of drug-likeness (QED) is 0.897. The number of hydrogen-bond acceptors (Lipinski definition) is 3. The minimum Gasteiger partial charge on any atom is -0.381 e. The summed E-state index contributed by atoms with van der Waals surface area (Å²) < 4.78 is 7.05. The van der Waals surface area contributed by atoms with Crippen molar-refractivity contribution in [3.8, 4) is 0 Å². The van der Waals surface area contributed by atoms with Gasteiger partial charge in [0.15, 0.2) is 0 Å². The molecular formula is C13H22N4O2. The number of aryl methyl sites for hydroxylation is 1. The molecule has 106 valence electrons. The first-order chi connectivity index (χ1) is 9.08. The smallest absolute Gasteiger partial charge is 0.317 e. The SMILES string of the molecule is C[C@H](NC(=O)N(C)C1CCOCC1)c1cnn(C)c1. The molecule has 1 fully saturated rings. The molecule has 1 aliphatic heterocycles. The first kappa shape index (κ1) is 13.9. The van der Waals surface area contributed by atoms with Crippen molar-refractivity contribution in [3.63, 3.8) is 0 Å². The number of nitrogens with one attached hydrogen (secondary N) is 1. The molecule has 19 heavy (non-hydrogen) atoms. The van der Waals surface area contributed by atoms with E-state index >= 15 is 0 Å². The molecule has 2 heterocycles. The van der Waals surface area contributed by atoms with E-state index < -0.39 is 0 Å². The van der Waals surface area contributed by atoms with Gasteiger partial charge in [0.2, 0.25) is 0 Å². The lowest BCUT2D eigenvalue weighted by atomic mass is 10.1. The van der Waals surface area contributed by atoms with E-state index in [1.807, 2.05) is 27.2 Å². The van der Waals surface area contributed by atoms with E-state index in [2.05, 4.69) is 10.4 Å². The molecule has 0 radical (unpaired) electrons. The third-order valence-corrected chi connectivity index (χ3v) is 3.62. The summed E-state index contributed by atoms with van der Waals surface area (Å²) in [6.45, 7) is 3.44. The van der Waals surface area contributed by atoms with Crippen LogP contribution in [-0.4, -0.2) is 47.0 Å². The van der Waals surface area contributed by atoms with Gasteiger partial charge in [-0.1, -0.05) is 0 Å². The Morgan fingerprint density at radius 2 is 2.26 bits per heavy atom. The molecule has 0 aliphatic carbocycles.